The first-order valence-electron chi connectivity index (χ1n) is 23.3. The number of rotatable bonds is 22. The van der Waals surface area contributed by atoms with E-state index >= 15 is 0 Å². The molecule has 0 saturated heterocycles. The van der Waals surface area contributed by atoms with E-state index < -0.39 is 11.9 Å². The summed E-state index contributed by atoms with van der Waals surface area (Å²) in [5.41, 5.74) is 9.26. The highest BCUT2D eigenvalue weighted by Gasteiger charge is 2.41. The molecule has 2 aliphatic heterocycles. The van der Waals surface area contributed by atoms with Gasteiger partial charge in [-0.05, 0) is 89.7 Å². The van der Waals surface area contributed by atoms with Crippen molar-refractivity contribution < 1.29 is 65.9 Å². The Labute approximate surface area is 402 Å². The number of quaternary nitrogens is 2. The number of benzene rings is 4. The van der Waals surface area contributed by atoms with E-state index in [1.54, 1.807) is 56.9 Å². The SMILES string of the molecule is COc1cc2c(cc1C)C(Cc1cc(C)c(OC)c(OC)c1)[N+](C)(CCCOC(=O)/C=C/C(=O)OCCC[N+]1(C)CCc3cc(OC)c(OC)cc3C1Cc1cc(OC)c(OC)c(OC)c1)CC2. The zero-order chi connectivity index (χ0) is 49.2. The number of methoxy groups -OCH3 is 8. The van der Waals surface area contributed by atoms with Crippen molar-refractivity contribution in [1.29, 1.82) is 0 Å². The van der Waals surface area contributed by atoms with Gasteiger partial charge in [-0.3, -0.25) is 0 Å². The van der Waals surface area contributed by atoms with Crippen LogP contribution in [0.4, 0.5) is 0 Å². The Bertz CT molecular complexity index is 2430. The number of fused-ring (bicyclic) bond motifs is 2. The highest BCUT2D eigenvalue weighted by atomic mass is 16.5. The number of likely N-dealkylation sites (N-methyl/N-ethyl adjacent to an activating group) is 2. The van der Waals surface area contributed by atoms with E-state index in [0.717, 1.165) is 95.8 Å². The van der Waals surface area contributed by atoms with Gasteiger partial charge in [-0.2, -0.15) is 0 Å². The third-order valence-corrected chi connectivity index (χ3v) is 14.1. The van der Waals surface area contributed by atoms with Gasteiger partial charge in [-0.25, -0.2) is 9.59 Å². The highest BCUT2D eigenvalue weighted by Crippen LogP contribution is 2.46. The molecule has 0 fully saturated rings. The van der Waals surface area contributed by atoms with Crippen LogP contribution in [0.1, 0.15) is 69.4 Å². The molecule has 0 saturated carbocycles. The van der Waals surface area contributed by atoms with Crippen LogP contribution in [-0.2, 0) is 44.7 Å². The third kappa shape index (κ3) is 11.4. The largest absolute Gasteiger partial charge is 0.496 e. The lowest BCUT2D eigenvalue weighted by atomic mass is 9.85. The Morgan fingerprint density at radius 1 is 0.500 bits per heavy atom. The Morgan fingerprint density at radius 3 is 1.37 bits per heavy atom. The molecule has 0 spiro atoms. The minimum absolute atomic E-state index is 0.0167. The van der Waals surface area contributed by atoms with Crippen molar-refractivity contribution in [2.24, 2.45) is 0 Å². The van der Waals surface area contributed by atoms with Crippen molar-refractivity contribution in [2.45, 2.75) is 64.5 Å². The van der Waals surface area contributed by atoms with Crippen LogP contribution in [0.25, 0.3) is 0 Å². The third-order valence-electron chi connectivity index (χ3n) is 14.1. The molecular weight excluding hydrogens is 869 g/mol. The van der Waals surface area contributed by atoms with E-state index in [0.29, 0.717) is 58.2 Å². The number of ether oxygens (including phenoxy) is 10. The molecule has 4 aromatic carbocycles. The van der Waals surface area contributed by atoms with Gasteiger partial charge in [0.05, 0.1) is 110 Å². The van der Waals surface area contributed by atoms with E-state index in [2.05, 4.69) is 57.4 Å². The fourth-order valence-electron chi connectivity index (χ4n) is 10.4. The number of hydrogen-bond donors (Lipinski definition) is 0. The number of hydrogen-bond acceptors (Lipinski definition) is 12. The van der Waals surface area contributed by atoms with Crippen LogP contribution >= 0.6 is 0 Å². The van der Waals surface area contributed by atoms with E-state index in [1.807, 2.05) is 19.1 Å². The van der Waals surface area contributed by atoms with Crippen molar-refractivity contribution in [1.82, 2.24) is 0 Å². The second-order valence-electron chi connectivity index (χ2n) is 18.3. The molecule has 6 rings (SSSR count). The quantitative estimate of drug-likeness (QED) is 0.0328. The number of aryl methyl sites for hydroxylation is 2. The predicted octanol–water partition coefficient (Wildman–Crippen LogP) is 8.07. The van der Waals surface area contributed by atoms with Crippen LogP contribution in [0, 0.1) is 13.8 Å². The van der Waals surface area contributed by atoms with Gasteiger partial charge in [0.1, 0.15) is 17.8 Å². The molecule has 4 atom stereocenters. The fourth-order valence-corrected chi connectivity index (χ4v) is 10.4. The van der Waals surface area contributed by atoms with E-state index in [1.165, 1.54) is 22.3 Å². The summed E-state index contributed by atoms with van der Waals surface area (Å²) in [4.78, 5) is 25.7. The lowest BCUT2D eigenvalue weighted by Crippen LogP contribution is -2.52. The molecule has 4 unspecified atom stereocenters. The number of carbonyl (C=O) groups is 2. The molecule has 2 aliphatic rings. The molecule has 0 aliphatic carbocycles. The van der Waals surface area contributed by atoms with Crippen LogP contribution in [0.15, 0.2) is 60.7 Å². The van der Waals surface area contributed by atoms with Gasteiger partial charge in [0.25, 0.3) is 0 Å². The normalized spacial score (nSPS) is 19.6. The first-order chi connectivity index (χ1) is 32.7. The fraction of sp³-hybridized carbons (Fsp3) is 0.481. The molecule has 0 N–H and O–H groups in total. The summed E-state index contributed by atoms with van der Waals surface area (Å²) in [7, 11) is 17.7. The minimum atomic E-state index is -0.593. The lowest BCUT2D eigenvalue weighted by Gasteiger charge is -2.46. The lowest BCUT2D eigenvalue weighted by molar-refractivity contribution is -0.941. The van der Waals surface area contributed by atoms with Gasteiger partial charge in [-0.1, -0.05) is 6.07 Å². The smallest absolute Gasteiger partial charge is 0.331 e. The van der Waals surface area contributed by atoms with E-state index in [4.69, 9.17) is 47.4 Å². The summed E-state index contributed by atoms with van der Waals surface area (Å²) < 4.78 is 58.2. The average molecular weight is 941 g/mol. The molecule has 14 heteroatoms. The van der Waals surface area contributed by atoms with Crippen molar-refractivity contribution >= 4 is 11.9 Å². The molecule has 4 aromatic rings. The summed E-state index contributed by atoms with van der Waals surface area (Å²) in [6, 6.07) is 17.0. The molecular formula is C54H72N2O12+2. The maximum atomic E-state index is 12.9. The monoisotopic (exact) mass is 941 g/mol. The average Bonchev–Trinajstić information content (AvgIpc) is 3.34. The zero-order valence-corrected chi connectivity index (χ0v) is 42.2. The maximum Gasteiger partial charge on any atom is 0.331 e. The molecule has 14 nitrogen and oxygen atoms in total. The van der Waals surface area contributed by atoms with Crippen LogP contribution in [0.3, 0.4) is 0 Å². The van der Waals surface area contributed by atoms with E-state index in [9.17, 15) is 9.59 Å². The summed E-state index contributed by atoms with van der Waals surface area (Å²) in [6.45, 7) is 7.82. The Kier molecular flexibility index (Phi) is 17.2. The van der Waals surface area contributed by atoms with Gasteiger partial charge in [0.15, 0.2) is 34.5 Å². The van der Waals surface area contributed by atoms with E-state index in [-0.39, 0.29) is 25.3 Å². The number of esters is 2. The van der Waals surface area contributed by atoms with Crippen molar-refractivity contribution in [2.75, 3.05) is 110 Å². The Morgan fingerprint density at radius 2 is 0.912 bits per heavy atom. The summed E-state index contributed by atoms with van der Waals surface area (Å²) in [5, 5.41) is 0. The van der Waals surface area contributed by atoms with Gasteiger partial charge in [0, 0.05) is 61.8 Å². The highest BCUT2D eigenvalue weighted by molar-refractivity contribution is 5.91. The van der Waals surface area contributed by atoms with Gasteiger partial charge in [-0.15, -0.1) is 0 Å². The predicted molar refractivity (Wildman–Crippen MR) is 260 cm³/mol. The Hall–Kier alpha value is -6.12. The Balaban J connectivity index is 1.05. The van der Waals surface area contributed by atoms with Crippen molar-refractivity contribution in [3.63, 3.8) is 0 Å². The van der Waals surface area contributed by atoms with Crippen LogP contribution < -0.4 is 37.9 Å². The van der Waals surface area contributed by atoms with Crippen molar-refractivity contribution in [3.8, 4) is 46.0 Å². The zero-order valence-electron chi connectivity index (χ0n) is 42.2. The second-order valence-corrected chi connectivity index (χ2v) is 18.3. The molecule has 2 heterocycles. The first kappa shape index (κ1) is 51.3. The van der Waals surface area contributed by atoms with Gasteiger partial charge >= 0.3 is 11.9 Å². The molecule has 0 radical (unpaired) electrons. The van der Waals surface area contributed by atoms with Crippen LogP contribution in [-0.4, -0.2) is 131 Å². The van der Waals surface area contributed by atoms with Crippen LogP contribution in [0.5, 0.6) is 46.0 Å². The molecule has 68 heavy (non-hydrogen) atoms. The van der Waals surface area contributed by atoms with Crippen molar-refractivity contribution in [3.05, 3.63) is 105 Å². The van der Waals surface area contributed by atoms with Crippen LogP contribution in [0.2, 0.25) is 0 Å². The number of nitrogens with zero attached hydrogens (tertiary/aromatic N) is 2. The minimum Gasteiger partial charge on any atom is -0.496 e. The summed E-state index contributed by atoms with van der Waals surface area (Å²) >= 11 is 0. The topological polar surface area (TPSA) is 126 Å². The van der Waals surface area contributed by atoms with Gasteiger partial charge < -0.3 is 56.3 Å². The molecule has 0 aromatic heterocycles. The second kappa shape index (κ2) is 22.8. The number of carbonyl (C=O) groups excluding carboxylic acids is 2. The molecule has 0 amide bonds. The molecule has 368 valence electrons. The first-order valence-corrected chi connectivity index (χ1v) is 23.3. The summed E-state index contributed by atoms with van der Waals surface area (Å²) in [5.74, 6) is 4.25. The van der Waals surface area contributed by atoms with Gasteiger partial charge in [0.2, 0.25) is 5.75 Å². The summed E-state index contributed by atoms with van der Waals surface area (Å²) in [6.07, 6.45) is 6.75. The standard InChI is InChI=1S/C54H72N2O12/c1-35-26-41-39(32-45(35)59-5)17-21-55(3,43(41)27-37-25-36(2)53(65-11)48(29-37)62-8)19-13-23-67-51(57)15-16-52(58)68-24-14-20-56(4)22-18-40-33-46(60-6)47(61-7)34-42(40)44(56)28-38-30-49(63-9)54(66-12)50(31-38)64-10/h15-16,25-26,29-34,43-44H,13-14,17-24,27-28H2,1-12H3/q+2/b16-15+. The molecule has 0 bridgehead atoms. The maximum absolute atomic E-state index is 12.9.